The fourth-order valence-electron chi connectivity index (χ4n) is 2.00. The maximum absolute atomic E-state index is 12.1. The Bertz CT molecular complexity index is 445. The summed E-state index contributed by atoms with van der Waals surface area (Å²) in [7, 11) is 0. The molecule has 0 spiro atoms. The van der Waals surface area contributed by atoms with Crippen LogP contribution in [0.1, 0.15) is 19.8 Å². The van der Waals surface area contributed by atoms with Crippen molar-refractivity contribution in [3.05, 3.63) is 28.2 Å². The van der Waals surface area contributed by atoms with Crippen LogP contribution in [0.2, 0.25) is 10.0 Å². The zero-order chi connectivity index (χ0) is 13.1. The average molecular weight is 288 g/mol. The van der Waals surface area contributed by atoms with Crippen molar-refractivity contribution in [3.8, 4) is 5.75 Å². The van der Waals surface area contributed by atoms with Crippen LogP contribution in [0.4, 0.5) is 0 Å². The zero-order valence-corrected chi connectivity index (χ0v) is 11.7. The number of halogens is 2. The second-order valence-corrected chi connectivity index (χ2v) is 5.21. The number of carbonyl (C=O) groups excluding carboxylic acids is 1. The van der Waals surface area contributed by atoms with E-state index in [0.717, 1.165) is 25.9 Å². The van der Waals surface area contributed by atoms with Gasteiger partial charge in [0.1, 0.15) is 5.75 Å². The summed E-state index contributed by atoms with van der Waals surface area (Å²) in [6.07, 6.45) is 1.59. The molecule has 5 heteroatoms. The molecule has 1 aliphatic rings. The summed E-state index contributed by atoms with van der Waals surface area (Å²) in [5.74, 6) is 0.452. The van der Waals surface area contributed by atoms with Gasteiger partial charge in [0, 0.05) is 24.2 Å². The largest absolute Gasteiger partial charge is 0.479 e. The van der Waals surface area contributed by atoms with Crippen molar-refractivity contribution in [2.45, 2.75) is 25.9 Å². The fraction of sp³-hybridized carbons (Fsp3) is 0.462. The van der Waals surface area contributed by atoms with Crippen LogP contribution >= 0.6 is 23.2 Å². The predicted octanol–water partition coefficient (Wildman–Crippen LogP) is 3.38. The highest BCUT2D eigenvalue weighted by Crippen LogP contribution is 2.28. The van der Waals surface area contributed by atoms with Gasteiger partial charge < -0.3 is 9.64 Å². The molecule has 1 aromatic carbocycles. The van der Waals surface area contributed by atoms with E-state index in [9.17, 15) is 4.79 Å². The molecule has 1 atom stereocenters. The van der Waals surface area contributed by atoms with Gasteiger partial charge in [0.05, 0.1) is 5.02 Å². The molecule has 98 valence electrons. The number of hydrogen-bond donors (Lipinski definition) is 0. The maximum Gasteiger partial charge on any atom is 0.263 e. The van der Waals surface area contributed by atoms with E-state index in [4.69, 9.17) is 27.9 Å². The standard InChI is InChI=1S/C13H15Cl2NO2/c1-9(13(17)16-6-2-3-7-16)18-12-8-10(14)4-5-11(12)15/h4-5,8-9H,2-3,6-7H2,1H3/t9-/m0/s1. The molecule has 0 aromatic heterocycles. The summed E-state index contributed by atoms with van der Waals surface area (Å²) in [5, 5.41) is 0.996. The fourth-order valence-corrected chi connectivity index (χ4v) is 2.33. The Morgan fingerprint density at radius 2 is 2.00 bits per heavy atom. The van der Waals surface area contributed by atoms with Crippen LogP contribution in [0, 0.1) is 0 Å². The van der Waals surface area contributed by atoms with Crippen LogP contribution in [0.5, 0.6) is 5.75 Å². The summed E-state index contributed by atoms with van der Waals surface area (Å²) >= 11 is 11.9. The van der Waals surface area contributed by atoms with E-state index in [1.165, 1.54) is 0 Å². The molecular weight excluding hydrogens is 273 g/mol. The van der Waals surface area contributed by atoms with Crippen LogP contribution < -0.4 is 4.74 Å². The third-order valence-electron chi connectivity index (χ3n) is 2.96. The molecule has 3 nitrogen and oxygen atoms in total. The first-order valence-electron chi connectivity index (χ1n) is 5.98. The predicted molar refractivity (Wildman–Crippen MR) is 72.4 cm³/mol. The SMILES string of the molecule is C[C@H](Oc1cc(Cl)ccc1Cl)C(=O)N1CCCC1. The number of amides is 1. The smallest absolute Gasteiger partial charge is 0.263 e. The topological polar surface area (TPSA) is 29.5 Å². The Morgan fingerprint density at radius 3 is 2.67 bits per heavy atom. The van der Waals surface area contributed by atoms with E-state index >= 15 is 0 Å². The van der Waals surface area contributed by atoms with Crippen molar-refractivity contribution in [3.63, 3.8) is 0 Å². The molecule has 0 saturated carbocycles. The molecule has 0 aliphatic carbocycles. The molecule has 18 heavy (non-hydrogen) atoms. The molecular formula is C13H15Cl2NO2. The molecule has 0 N–H and O–H groups in total. The Morgan fingerprint density at radius 1 is 1.33 bits per heavy atom. The number of likely N-dealkylation sites (tertiary alicyclic amines) is 1. The number of hydrogen-bond acceptors (Lipinski definition) is 2. The van der Waals surface area contributed by atoms with Gasteiger partial charge in [0.15, 0.2) is 6.10 Å². The van der Waals surface area contributed by atoms with E-state index < -0.39 is 6.10 Å². The van der Waals surface area contributed by atoms with Gasteiger partial charge in [-0.1, -0.05) is 23.2 Å². The summed E-state index contributed by atoms with van der Waals surface area (Å²) in [6.45, 7) is 3.36. The molecule has 0 bridgehead atoms. The van der Waals surface area contributed by atoms with Gasteiger partial charge in [-0.3, -0.25) is 4.79 Å². The highest BCUT2D eigenvalue weighted by Gasteiger charge is 2.24. The van der Waals surface area contributed by atoms with Crippen molar-refractivity contribution >= 4 is 29.1 Å². The van der Waals surface area contributed by atoms with Gasteiger partial charge in [0.25, 0.3) is 5.91 Å². The molecule has 0 radical (unpaired) electrons. The Hall–Kier alpha value is -0.930. The lowest BCUT2D eigenvalue weighted by molar-refractivity contribution is -0.136. The van der Waals surface area contributed by atoms with Crippen molar-refractivity contribution < 1.29 is 9.53 Å². The van der Waals surface area contributed by atoms with E-state index in [1.807, 2.05) is 4.90 Å². The van der Waals surface area contributed by atoms with Gasteiger partial charge in [-0.15, -0.1) is 0 Å². The lowest BCUT2D eigenvalue weighted by atomic mass is 10.3. The molecule has 2 rings (SSSR count). The highest BCUT2D eigenvalue weighted by molar-refractivity contribution is 6.34. The quantitative estimate of drug-likeness (QED) is 0.853. The maximum atomic E-state index is 12.1. The minimum atomic E-state index is -0.543. The van der Waals surface area contributed by atoms with Gasteiger partial charge in [-0.25, -0.2) is 0 Å². The van der Waals surface area contributed by atoms with E-state index in [0.29, 0.717) is 15.8 Å². The van der Waals surface area contributed by atoms with Crippen LogP contribution in [-0.2, 0) is 4.79 Å². The second kappa shape index (κ2) is 5.81. The minimum absolute atomic E-state index is 0.00328. The molecule has 1 aliphatic heterocycles. The third kappa shape index (κ3) is 3.09. The minimum Gasteiger partial charge on any atom is -0.479 e. The van der Waals surface area contributed by atoms with Gasteiger partial charge in [-0.05, 0) is 31.9 Å². The summed E-state index contributed by atoms with van der Waals surface area (Å²) < 4.78 is 5.59. The van der Waals surface area contributed by atoms with E-state index in [1.54, 1.807) is 25.1 Å². The van der Waals surface area contributed by atoms with Crippen molar-refractivity contribution in [1.29, 1.82) is 0 Å². The molecule has 1 saturated heterocycles. The Labute approximate surface area is 117 Å². The first-order chi connectivity index (χ1) is 8.58. The Kier molecular flexibility index (Phi) is 4.36. The average Bonchev–Trinajstić information content (AvgIpc) is 2.86. The number of rotatable bonds is 3. The zero-order valence-electron chi connectivity index (χ0n) is 10.2. The molecule has 1 aromatic rings. The lowest BCUT2D eigenvalue weighted by Gasteiger charge is -2.21. The van der Waals surface area contributed by atoms with Crippen LogP contribution in [0.3, 0.4) is 0 Å². The molecule has 1 heterocycles. The first kappa shape index (κ1) is 13.5. The monoisotopic (exact) mass is 287 g/mol. The van der Waals surface area contributed by atoms with E-state index in [2.05, 4.69) is 0 Å². The number of benzene rings is 1. The first-order valence-corrected chi connectivity index (χ1v) is 6.74. The van der Waals surface area contributed by atoms with Crippen molar-refractivity contribution in [2.24, 2.45) is 0 Å². The number of carbonyl (C=O) groups is 1. The van der Waals surface area contributed by atoms with Gasteiger partial charge >= 0.3 is 0 Å². The normalized spacial score (nSPS) is 16.7. The van der Waals surface area contributed by atoms with Gasteiger partial charge in [-0.2, -0.15) is 0 Å². The lowest BCUT2D eigenvalue weighted by Crippen LogP contribution is -2.38. The number of nitrogens with zero attached hydrogens (tertiary/aromatic N) is 1. The van der Waals surface area contributed by atoms with Crippen LogP contribution in [-0.4, -0.2) is 30.0 Å². The van der Waals surface area contributed by atoms with Crippen LogP contribution in [0.15, 0.2) is 18.2 Å². The third-order valence-corrected chi connectivity index (χ3v) is 3.51. The molecule has 1 amide bonds. The van der Waals surface area contributed by atoms with Crippen LogP contribution in [0.25, 0.3) is 0 Å². The second-order valence-electron chi connectivity index (χ2n) is 4.37. The summed E-state index contributed by atoms with van der Waals surface area (Å²) in [5.41, 5.74) is 0. The molecule has 0 unspecified atom stereocenters. The Balaban J connectivity index is 2.03. The summed E-state index contributed by atoms with van der Waals surface area (Å²) in [6, 6.07) is 4.97. The highest BCUT2D eigenvalue weighted by atomic mass is 35.5. The molecule has 1 fully saturated rings. The number of ether oxygens (including phenoxy) is 1. The van der Waals surface area contributed by atoms with Crippen molar-refractivity contribution in [2.75, 3.05) is 13.1 Å². The summed E-state index contributed by atoms with van der Waals surface area (Å²) in [4.78, 5) is 13.9. The van der Waals surface area contributed by atoms with E-state index in [-0.39, 0.29) is 5.91 Å². The van der Waals surface area contributed by atoms with Crippen molar-refractivity contribution in [1.82, 2.24) is 4.90 Å². The van der Waals surface area contributed by atoms with Gasteiger partial charge in [0.2, 0.25) is 0 Å².